The Labute approximate surface area is 124 Å². The molecule has 0 saturated carbocycles. The molecule has 0 spiro atoms. The highest BCUT2D eigenvalue weighted by Gasteiger charge is 2.30. The van der Waals surface area contributed by atoms with Gasteiger partial charge >= 0.3 is 0 Å². The molecule has 0 bridgehead atoms. The minimum Gasteiger partial charge on any atom is -0.384 e. The summed E-state index contributed by atoms with van der Waals surface area (Å²) in [5.74, 6) is 1.70. The molecular formula is C14H20N2O2S2. The standard InChI is InChI=1S/C14H20N2O2S2/c1-20(17,18)14-10-19-7-6-16(14)9-11-2-3-13-12(8-11)4-5-15-13/h2-3,8,14-15H,4-7,9-10H2,1H3. The van der Waals surface area contributed by atoms with Gasteiger partial charge < -0.3 is 5.32 Å². The lowest BCUT2D eigenvalue weighted by Crippen LogP contribution is -2.46. The molecule has 1 saturated heterocycles. The predicted octanol–water partition coefficient (Wildman–Crippen LogP) is 1.57. The van der Waals surface area contributed by atoms with E-state index in [-0.39, 0.29) is 5.37 Å². The van der Waals surface area contributed by atoms with Gasteiger partial charge in [-0.1, -0.05) is 12.1 Å². The highest BCUT2D eigenvalue weighted by Crippen LogP contribution is 2.26. The third-order valence-corrected chi connectivity index (χ3v) is 6.64. The highest BCUT2D eigenvalue weighted by atomic mass is 32.2. The summed E-state index contributed by atoms with van der Waals surface area (Å²) in [6, 6.07) is 6.44. The molecule has 1 unspecified atom stereocenters. The minimum absolute atomic E-state index is 0.340. The Kier molecular flexibility index (Phi) is 3.97. The maximum absolute atomic E-state index is 11.9. The van der Waals surface area contributed by atoms with Crippen LogP contribution in [0.4, 0.5) is 5.69 Å². The second-order valence-corrected chi connectivity index (χ2v) is 8.85. The van der Waals surface area contributed by atoms with E-state index >= 15 is 0 Å². The number of sulfone groups is 1. The molecule has 6 heteroatoms. The Bertz CT molecular complexity index is 601. The van der Waals surface area contributed by atoms with E-state index in [1.807, 2.05) is 0 Å². The first-order valence-corrected chi connectivity index (χ1v) is 10.0. The number of nitrogens with one attached hydrogen (secondary N) is 1. The van der Waals surface area contributed by atoms with Gasteiger partial charge in [0.2, 0.25) is 0 Å². The lowest BCUT2D eigenvalue weighted by atomic mass is 10.1. The van der Waals surface area contributed by atoms with Gasteiger partial charge in [-0.3, -0.25) is 4.90 Å². The van der Waals surface area contributed by atoms with Crippen LogP contribution in [0.5, 0.6) is 0 Å². The number of rotatable bonds is 3. The largest absolute Gasteiger partial charge is 0.384 e. The van der Waals surface area contributed by atoms with Crippen molar-refractivity contribution in [3.63, 3.8) is 0 Å². The maximum Gasteiger partial charge on any atom is 0.164 e. The summed E-state index contributed by atoms with van der Waals surface area (Å²) in [7, 11) is -3.01. The zero-order valence-corrected chi connectivity index (χ0v) is 13.3. The summed E-state index contributed by atoms with van der Waals surface area (Å²) in [4.78, 5) is 2.11. The molecule has 1 N–H and O–H groups in total. The summed E-state index contributed by atoms with van der Waals surface area (Å²) in [5, 5.41) is 3.01. The van der Waals surface area contributed by atoms with Crippen LogP contribution in [0.1, 0.15) is 11.1 Å². The normalized spacial score (nSPS) is 23.4. The first kappa shape index (κ1) is 14.2. The van der Waals surface area contributed by atoms with E-state index < -0.39 is 9.84 Å². The molecule has 1 fully saturated rings. The second-order valence-electron chi connectivity index (χ2n) is 5.50. The maximum atomic E-state index is 11.9. The molecule has 2 aliphatic heterocycles. The lowest BCUT2D eigenvalue weighted by molar-refractivity contribution is 0.262. The lowest BCUT2D eigenvalue weighted by Gasteiger charge is -2.34. The molecule has 1 aromatic carbocycles. The Morgan fingerprint density at radius 1 is 1.45 bits per heavy atom. The number of nitrogens with zero attached hydrogens (tertiary/aromatic N) is 1. The zero-order chi connectivity index (χ0) is 14.2. The van der Waals surface area contributed by atoms with Crippen LogP contribution in [0.15, 0.2) is 18.2 Å². The summed E-state index contributed by atoms with van der Waals surface area (Å²) in [6.07, 6.45) is 2.41. The highest BCUT2D eigenvalue weighted by molar-refractivity contribution is 8.00. The van der Waals surface area contributed by atoms with Crippen LogP contribution in [0, 0.1) is 0 Å². The van der Waals surface area contributed by atoms with Crippen molar-refractivity contribution in [3.05, 3.63) is 29.3 Å². The summed E-state index contributed by atoms with van der Waals surface area (Å²) in [6.45, 7) is 2.58. The van der Waals surface area contributed by atoms with E-state index in [1.54, 1.807) is 11.8 Å². The van der Waals surface area contributed by atoms with Gasteiger partial charge in [0, 0.05) is 43.1 Å². The Morgan fingerprint density at radius 3 is 3.10 bits per heavy atom. The third kappa shape index (κ3) is 2.97. The van der Waals surface area contributed by atoms with E-state index in [0.717, 1.165) is 31.8 Å². The minimum atomic E-state index is -3.01. The first-order chi connectivity index (χ1) is 9.54. The molecule has 4 nitrogen and oxygen atoms in total. The average Bonchev–Trinajstić information content (AvgIpc) is 2.85. The number of thioether (sulfide) groups is 1. The average molecular weight is 312 g/mol. The summed E-state index contributed by atoms with van der Waals surface area (Å²) in [5.41, 5.74) is 3.79. The molecule has 2 heterocycles. The number of benzene rings is 1. The van der Waals surface area contributed by atoms with Gasteiger partial charge in [0.25, 0.3) is 0 Å². The van der Waals surface area contributed by atoms with Crippen LogP contribution in [0.2, 0.25) is 0 Å². The van der Waals surface area contributed by atoms with Crippen molar-refractivity contribution in [2.75, 3.05) is 36.2 Å². The predicted molar refractivity (Wildman–Crippen MR) is 85.0 cm³/mol. The van der Waals surface area contributed by atoms with Crippen molar-refractivity contribution in [1.29, 1.82) is 0 Å². The fourth-order valence-corrected chi connectivity index (χ4v) is 5.82. The van der Waals surface area contributed by atoms with Crippen LogP contribution < -0.4 is 5.32 Å². The van der Waals surface area contributed by atoms with Crippen molar-refractivity contribution in [2.24, 2.45) is 0 Å². The van der Waals surface area contributed by atoms with Crippen molar-refractivity contribution in [3.8, 4) is 0 Å². The number of anilines is 1. The fraction of sp³-hybridized carbons (Fsp3) is 0.571. The number of fused-ring (bicyclic) bond motifs is 1. The van der Waals surface area contributed by atoms with Gasteiger partial charge in [0.15, 0.2) is 9.84 Å². The molecule has 3 rings (SSSR count). The van der Waals surface area contributed by atoms with E-state index in [9.17, 15) is 8.42 Å². The molecule has 0 aromatic heterocycles. The monoisotopic (exact) mass is 312 g/mol. The van der Waals surface area contributed by atoms with Crippen LogP contribution in [0.3, 0.4) is 0 Å². The summed E-state index contributed by atoms with van der Waals surface area (Å²) >= 11 is 1.73. The van der Waals surface area contributed by atoms with Crippen LogP contribution in [-0.4, -0.2) is 49.5 Å². The van der Waals surface area contributed by atoms with E-state index in [0.29, 0.717) is 5.75 Å². The van der Waals surface area contributed by atoms with Gasteiger partial charge in [-0.15, -0.1) is 0 Å². The number of hydrogen-bond acceptors (Lipinski definition) is 5. The zero-order valence-electron chi connectivity index (χ0n) is 11.6. The molecule has 0 radical (unpaired) electrons. The van der Waals surface area contributed by atoms with Crippen molar-refractivity contribution in [1.82, 2.24) is 4.90 Å². The molecular weight excluding hydrogens is 292 g/mol. The van der Waals surface area contributed by atoms with Gasteiger partial charge in [0.05, 0.1) is 0 Å². The molecule has 1 aromatic rings. The van der Waals surface area contributed by atoms with E-state index in [4.69, 9.17) is 0 Å². The third-order valence-electron chi connectivity index (χ3n) is 3.95. The fourth-order valence-electron chi connectivity index (χ4n) is 2.88. The van der Waals surface area contributed by atoms with Crippen molar-refractivity contribution < 1.29 is 8.42 Å². The van der Waals surface area contributed by atoms with Gasteiger partial charge in [-0.05, 0) is 23.6 Å². The van der Waals surface area contributed by atoms with E-state index in [2.05, 4.69) is 28.4 Å². The van der Waals surface area contributed by atoms with Crippen LogP contribution >= 0.6 is 11.8 Å². The van der Waals surface area contributed by atoms with Crippen LogP contribution in [-0.2, 0) is 22.8 Å². The molecule has 0 amide bonds. The van der Waals surface area contributed by atoms with Crippen LogP contribution in [0.25, 0.3) is 0 Å². The van der Waals surface area contributed by atoms with Gasteiger partial charge in [0.1, 0.15) is 5.37 Å². The second kappa shape index (κ2) is 5.58. The SMILES string of the molecule is CS(=O)(=O)C1CSCCN1Cc1ccc2c(c1)CCN2. The Hall–Kier alpha value is -0.720. The van der Waals surface area contributed by atoms with Gasteiger partial charge in [-0.2, -0.15) is 11.8 Å². The molecule has 1 atom stereocenters. The molecule has 20 heavy (non-hydrogen) atoms. The Balaban J connectivity index is 1.78. The topological polar surface area (TPSA) is 49.4 Å². The number of hydrogen-bond donors (Lipinski definition) is 1. The molecule has 0 aliphatic carbocycles. The van der Waals surface area contributed by atoms with Crippen molar-refractivity contribution >= 4 is 27.3 Å². The summed E-state index contributed by atoms with van der Waals surface area (Å²) < 4.78 is 23.8. The van der Waals surface area contributed by atoms with Crippen molar-refractivity contribution in [2.45, 2.75) is 18.3 Å². The van der Waals surface area contributed by atoms with E-state index in [1.165, 1.54) is 23.1 Å². The first-order valence-electron chi connectivity index (χ1n) is 6.90. The molecule has 110 valence electrons. The smallest absolute Gasteiger partial charge is 0.164 e. The quantitative estimate of drug-likeness (QED) is 0.918. The Morgan fingerprint density at radius 2 is 2.30 bits per heavy atom. The molecule has 2 aliphatic rings. The van der Waals surface area contributed by atoms with Gasteiger partial charge in [-0.25, -0.2) is 8.42 Å².